The van der Waals surface area contributed by atoms with Crippen LogP contribution in [0.3, 0.4) is 0 Å². The van der Waals surface area contributed by atoms with Crippen LogP contribution in [0.5, 0.6) is 0 Å². The number of carbonyl (C=O) groups is 1. The van der Waals surface area contributed by atoms with E-state index in [1.54, 1.807) is 6.92 Å². The van der Waals surface area contributed by atoms with Crippen LogP contribution in [0.15, 0.2) is 4.52 Å². The number of rotatable bonds is 4. The van der Waals surface area contributed by atoms with Crippen molar-refractivity contribution < 1.29 is 9.32 Å². The number of hydrogen-bond acceptors (Lipinski definition) is 5. The fourth-order valence-corrected chi connectivity index (χ4v) is 4.54. The molecule has 2 aliphatic heterocycles. The van der Waals surface area contributed by atoms with Gasteiger partial charge in [0.05, 0.1) is 6.54 Å². The summed E-state index contributed by atoms with van der Waals surface area (Å²) < 4.78 is 5.42. The molecule has 0 spiro atoms. The smallest absolute Gasteiger partial charge is 0.240 e. The number of amides is 1. The zero-order valence-electron chi connectivity index (χ0n) is 15.3. The topological polar surface area (TPSA) is 62.5 Å². The molecule has 0 aromatic carbocycles. The molecule has 1 aliphatic carbocycles. The maximum absolute atomic E-state index is 12.1. The van der Waals surface area contributed by atoms with Gasteiger partial charge in [-0.2, -0.15) is 4.98 Å². The van der Waals surface area contributed by atoms with Crippen LogP contribution in [-0.2, 0) is 11.3 Å². The van der Waals surface area contributed by atoms with Gasteiger partial charge in [-0.1, -0.05) is 18.0 Å². The Hall–Kier alpha value is -1.43. The van der Waals surface area contributed by atoms with Gasteiger partial charge in [-0.05, 0) is 57.5 Å². The van der Waals surface area contributed by atoms with E-state index in [4.69, 9.17) is 4.52 Å². The predicted octanol–water partition coefficient (Wildman–Crippen LogP) is 2.95. The Morgan fingerprint density at radius 3 is 2.60 bits per heavy atom. The van der Waals surface area contributed by atoms with Gasteiger partial charge in [0.15, 0.2) is 5.82 Å². The Balaban J connectivity index is 1.31. The third-order valence-electron chi connectivity index (χ3n) is 6.17. The van der Waals surface area contributed by atoms with Crippen LogP contribution < -0.4 is 0 Å². The first kappa shape index (κ1) is 17.0. The second-order valence-corrected chi connectivity index (χ2v) is 8.06. The maximum atomic E-state index is 12.1. The molecule has 1 amide bonds. The SMILES string of the molecule is CC(=O)N1CCCCC[C@H]1C1CCN(Cc2nc(C3CC3)no2)CC1. The van der Waals surface area contributed by atoms with Crippen molar-refractivity contribution >= 4 is 5.91 Å². The van der Waals surface area contributed by atoms with Gasteiger partial charge in [0.25, 0.3) is 0 Å². The molecular formula is C19H30N4O2. The lowest BCUT2D eigenvalue weighted by Gasteiger charge is -2.40. The van der Waals surface area contributed by atoms with Crippen LogP contribution >= 0.6 is 0 Å². The summed E-state index contributed by atoms with van der Waals surface area (Å²) in [6.07, 6.45) is 9.61. The molecule has 0 N–H and O–H groups in total. The number of piperidine rings is 1. The van der Waals surface area contributed by atoms with Gasteiger partial charge in [0, 0.05) is 25.4 Å². The van der Waals surface area contributed by atoms with E-state index in [9.17, 15) is 4.79 Å². The highest BCUT2D eigenvalue weighted by atomic mass is 16.5. The fourth-order valence-electron chi connectivity index (χ4n) is 4.54. The molecule has 3 aliphatic rings. The lowest BCUT2D eigenvalue weighted by molar-refractivity contribution is -0.132. The molecule has 0 radical (unpaired) electrons. The Bertz CT molecular complexity index is 590. The molecule has 3 heterocycles. The number of carbonyl (C=O) groups excluding carboxylic acids is 1. The van der Waals surface area contributed by atoms with Crippen LogP contribution in [0.2, 0.25) is 0 Å². The van der Waals surface area contributed by atoms with Gasteiger partial charge < -0.3 is 9.42 Å². The van der Waals surface area contributed by atoms with Crippen molar-refractivity contribution in [3.63, 3.8) is 0 Å². The van der Waals surface area contributed by atoms with Crippen molar-refractivity contribution in [2.45, 2.75) is 76.8 Å². The summed E-state index contributed by atoms with van der Waals surface area (Å²) in [4.78, 5) is 21.2. The fraction of sp³-hybridized carbons (Fsp3) is 0.842. The van der Waals surface area contributed by atoms with Crippen molar-refractivity contribution in [3.05, 3.63) is 11.7 Å². The number of likely N-dealkylation sites (tertiary alicyclic amines) is 2. The van der Waals surface area contributed by atoms with Crippen molar-refractivity contribution in [3.8, 4) is 0 Å². The Morgan fingerprint density at radius 2 is 1.88 bits per heavy atom. The predicted molar refractivity (Wildman–Crippen MR) is 93.9 cm³/mol. The van der Waals surface area contributed by atoms with E-state index < -0.39 is 0 Å². The summed E-state index contributed by atoms with van der Waals surface area (Å²) in [6.45, 7) is 5.59. The summed E-state index contributed by atoms with van der Waals surface area (Å²) in [5, 5.41) is 4.11. The van der Waals surface area contributed by atoms with E-state index >= 15 is 0 Å². The highest BCUT2D eigenvalue weighted by Crippen LogP contribution is 2.38. The molecule has 1 aromatic rings. The lowest BCUT2D eigenvalue weighted by Crippen LogP contribution is -2.47. The average molecular weight is 346 g/mol. The van der Waals surface area contributed by atoms with Gasteiger partial charge in [-0.15, -0.1) is 0 Å². The number of hydrogen-bond donors (Lipinski definition) is 0. The van der Waals surface area contributed by atoms with E-state index in [2.05, 4.69) is 19.9 Å². The zero-order valence-corrected chi connectivity index (χ0v) is 15.3. The number of aromatic nitrogens is 2. The second-order valence-electron chi connectivity index (χ2n) is 8.06. The van der Waals surface area contributed by atoms with Gasteiger partial charge in [0.2, 0.25) is 11.8 Å². The Kier molecular flexibility index (Phi) is 5.06. The molecule has 6 nitrogen and oxygen atoms in total. The quantitative estimate of drug-likeness (QED) is 0.839. The minimum atomic E-state index is 0.257. The van der Waals surface area contributed by atoms with Crippen molar-refractivity contribution in [1.82, 2.24) is 19.9 Å². The van der Waals surface area contributed by atoms with E-state index in [1.165, 1.54) is 32.1 Å². The summed E-state index contributed by atoms with van der Waals surface area (Å²) >= 11 is 0. The number of nitrogens with zero attached hydrogens (tertiary/aromatic N) is 4. The van der Waals surface area contributed by atoms with E-state index in [-0.39, 0.29) is 5.91 Å². The molecule has 6 heteroatoms. The molecule has 3 fully saturated rings. The molecule has 1 atom stereocenters. The first-order valence-corrected chi connectivity index (χ1v) is 10.0. The van der Waals surface area contributed by atoms with Gasteiger partial charge in [-0.25, -0.2) is 0 Å². The summed E-state index contributed by atoms with van der Waals surface area (Å²) in [7, 11) is 0. The summed E-state index contributed by atoms with van der Waals surface area (Å²) in [6, 6.07) is 0.451. The molecule has 4 rings (SSSR count). The van der Waals surface area contributed by atoms with Gasteiger partial charge in [0.1, 0.15) is 0 Å². The molecule has 1 aromatic heterocycles. The third-order valence-corrected chi connectivity index (χ3v) is 6.17. The zero-order chi connectivity index (χ0) is 17.2. The first-order valence-electron chi connectivity index (χ1n) is 10.0. The normalized spacial score (nSPS) is 26.6. The Morgan fingerprint density at radius 1 is 1.08 bits per heavy atom. The third kappa shape index (κ3) is 4.05. The standard InChI is InChI=1S/C19H30N4O2/c1-14(24)23-10-4-2-3-5-17(23)15-8-11-22(12-9-15)13-18-20-19(21-25-18)16-6-7-16/h15-17H,2-13H2,1H3/t17-/m0/s1. The minimum absolute atomic E-state index is 0.257. The molecule has 138 valence electrons. The molecule has 0 bridgehead atoms. The Labute approximate surface area is 149 Å². The van der Waals surface area contributed by atoms with E-state index in [0.717, 1.165) is 57.2 Å². The lowest BCUT2D eigenvalue weighted by atomic mass is 9.86. The van der Waals surface area contributed by atoms with Crippen LogP contribution in [0.1, 0.15) is 75.9 Å². The van der Waals surface area contributed by atoms with Crippen molar-refractivity contribution in [2.75, 3.05) is 19.6 Å². The van der Waals surface area contributed by atoms with Crippen molar-refractivity contribution in [2.24, 2.45) is 5.92 Å². The summed E-state index contributed by atoms with van der Waals surface area (Å²) in [5.41, 5.74) is 0. The molecule has 1 saturated carbocycles. The average Bonchev–Trinajstić information content (AvgIpc) is 3.40. The molecule has 2 saturated heterocycles. The molecule has 25 heavy (non-hydrogen) atoms. The minimum Gasteiger partial charge on any atom is -0.340 e. The van der Waals surface area contributed by atoms with Crippen LogP contribution in [0.4, 0.5) is 0 Å². The second kappa shape index (κ2) is 7.44. The highest BCUT2D eigenvalue weighted by Gasteiger charge is 2.33. The van der Waals surface area contributed by atoms with Crippen molar-refractivity contribution in [1.29, 1.82) is 0 Å². The monoisotopic (exact) mass is 346 g/mol. The largest absolute Gasteiger partial charge is 0.340 e. The molecule has 0 unspecified atom stereocenters. The first-order chi connectivity index (χ1) is 12.2. The maximum Gasteiger partial charge on any atom is 0.240 e. The van der Waals surface area contributed by atoms with E-state index in [0.29, 0.717) is 17.9 Å². The summed E-state index contributed by atoms with van der Waals surface area (Å²) in [5.74, 6) is 3.12. The van der Waals surface area contributed by atoms with Crippen LogP contribution in [0.25, 0.3) is 0 Å². The van der Waals surface area contributed by atoms with Gasteiger partial charge in [-0.3, -0.25) is 9.69 Å². The van der Waals surface area contributed by atoms with Crippen LogP contribution in [0, 0.1) is 5.92 Å². The molecular weight excluding hydrogens is 316 g/mol. The van der Waals surface area contributed by atoms with Crippen LogP contribution in [-0.4, -0.2) is 51.5 Å². The van der Waals surface area contributed by atoms with Gasteiger partial charge >= 0.3 is 0 Å². The van der Waals surface area contributed by atoms with E-state index in [1.807, 2.05) is 0 Å². The highest BCUT2D eigenvalue weighted by molar-refractivity contribution is 5.73.